The van der Waals surface area contributed by atoms with Crippen LogP contribution >= 0.6 is 0 Å². The number of ether oxygens (including phenoxy) is 2. The zero-order chi connectivity index (χ0) is 21.6. The molecule has 1 aromatic carbocycles. The number of carboxylic acid groups (broad SMARTS) is 1. The minimum Gasteiger partial charge on any atom is -0.546 e. The molecule has 6 heteroatoms. The lowest BCUT2D eigenvalue weighted by atomic mass is 9.90. The van der Waals surface area contributed by atoms with Crippen LogP contribution in [0.2, 0.25) is 0 Å². The van der Waals surface area contributed by atoms with Crippen LogP contribution in [0.15, 0.2) is 24.3 Å². The number of ketones is 1. The molecular weight excluding hydrogens is 372 g/mol. The van der Waals surface area contributed by atoms with Crippen molar-refractivity contribution in [3.8, 4) is 5.75 Å². The Morgan fingerprint density at radius 3 is 2.17 bits per heavy atom. The minimum absolute atomic E-state index is 0.0770. The van der Waals surface area contributed by atoms with Gasteiger partial charge in [-0.1, -0.05) is 31.9 Å². The van der Waals surface area contributed by atoms with Crippen LogP contribution in [-0.2, 0) is 25.5 Å². The molecule has 29 heavy (non-hydrogen) atoms. The summed E-state index contributed by atoms with van der Waals surface area (Å²) in [5.74, 6) is -1.03. The first-order valence-corrected chi connectivity index (χ1v) is 10.4. The predicted octanol–water partition coefficient (Wildman–Crippen LogP) is 3.25. The van der Waals surface area contributed by atoms with Gasteiger partial charge in [0.15, 0.2) is 0 Å². The summed E-state index contributed by atoms with van der Waals surface area (Å²) in [4.78, 5) is 33.8. The van der Waals surface area contributed by atoms with E-state index in [1.165, 1.54) is 6.92 Å². The van der Waals surface area contributed by atoms with Gasteiger partial charge in [0.05, 0.1) is 5.97 Å². The molecule has 0 amide bonds. The van der Waals surface area contributed by atoms with Crippen molar-refractivity contribution < 1.29 is 29.0 Å². The summed E-state index contributed by atoms with van der Waals surface area (Å²) in [5, 5.41) is 10.4. The largest absolute Gasteiger partial charge is 0.546 e. The second-order valence-corrected chi connectivity index (χ2v) is 7.47. The number of aliphatic carboxylic acids is 1. The molecule has 1 rings (SSSR count). The molecule has 0 fully saturated rings. The van der Waals surface area contributed by atoms with Gasteiger partial charge < -0.3 is 19.4 Å². The predicted molar refractivity (Wildman–Crippen MR) is 108 cm³/mol. The number of benzene rings is 1. The number of carbonyl (C=O) groups is 3. The molecule has 0 saturated carbocycles. The van der Waals surface area contributed by atoms with E-state index in [4.69, 9.17) is 9.47 Å². The molecule has 0 saturated heterocycles. The highest BCUT2D eigenvalue weighted by molar-refractivity contribution is 5.78. The van der Waals surface area contributed by atoms with Crippen molar-refractivity contribution in [1.29, 1.82) is 0 Å². The van der Waals surface area contributed by atoms with Gasteiger partial charge in [-0.25, -0.2) is 0 Å². The lowest BCUT2D eigenvalue weighted by Crippen LogP contribution is -2.28. The second-order valence-electron chi connectivity index (χ2n) is 7.47. The molecule has 0 radical (unpaired) electrons. The molecule has 0 aliphatic rings. The number of Topliss-reactive ketones (excluding diaryl/α,β-unsaturated/α-hetero) is 1. The van der Waals surface area contributed by atoms with E-state index in [1.807, 2.05) is 12.1 Å². The van der Waals surface area contributed by atoms with Gasteiger partial charge >= 0.3 is 5.97 Å². The molecule has 0 spiro atoms. The van der Waals surface area contributed by atoms with Gasteiger partial charge in [-0.05, 0) is 63.1 Å². The number of rotatable bonds is 15. The van der Waals surface area contributed by atoms with Crippen molar-refractivity contribution in [1.82, 2.24) is 0 Å². The Kier molecular flexibility index (Phi) is 11.7. The Hall–Kier alpha value is -2.37. The molecule has 2 unspecified atom stereocenters. The average molecular weight is 406 g/mol. The number of esters is 1. The van der Waals surface area contributed by atoms with Gasteiger partial charge in [0.1, 0.15) is 24.2 Å². The van der Waals surface area contributed by atoms with E-state index < -0.39 is 12.6 Å². The third kappa shape index (κ3) is 11.3. The highest BCUT2D eigenvalue weighted by atomic mass is 16.5. The van der Waals surface area contributed by atoms with Crippen LogP contribution in [0.25, 0.3) is 0 Å². The molecule has 0 heterocycles. The van der Waals surface area contributed by atoms with E-state index in [9.17, 15) is 19.5 Å². The van der Waals surface area contributed by atoms with Gasteiger partial charge in [-0.15, -0.1) is 0 Å². The van der Waals surface area contributed by atoms with E-state index in [-0.39, 0.29) is 23.8 Å². The summed E-state index contributed by atoms with van der Waals surface area (Å²) in [7, 11) is 0. The highest BCUT2D eigenvalue weighted by Crippen LogP contribution is 2.21. The lowest BCUT2D eigenvalue weighted by molar-refractivity contribution is -0.307. The van der Waals surface area contributed by atoms with Gasteiger partial charge in [-0.2, -0.15) is 0 Å². The first-order chi connectivity index (χ1) is 13.8. The molecule has 0 aromatic heterocycles. The summed E-state index contributed by atoms with van der Waals surface area (Å²) >= 11 is 0. The summed E-state index contributed by atoms with van der Waals surface area (Å²) < 4.78 is 10.5. The van der Waals surface area contributed by atoms with E-state index in [0.717, 1.165) is 50.5 Å². The summed E-state index contributed by atoms with van der Waals surface area (Å²) in [6, 6.07) is 7.07. The smallest absolute Gasteiger partial charge is 0.302 e. The van der Waals surface area contributed by atoms with Crippen LogP contribution in [0.4, 0.5) is 0 Å². The normalized spacial score (nSPS) is 12.8. The molecule has 6 nitrogen and oxygen atoms in total. The molecule has 2 atom stereocenters. The van der Waals surface area contributed by atoms with Crippen molar-refractivity contribution in [2.75, 3.05) is 6.61 Å². The summed E-state index contributed by atoms with van der Waals surface area (Å²) in [6.45, 7) is 4.69. The number of carboxylic acids is 1. The van der Waals surface area contributed by atoms with E-state index in [1.54, 1.807) is 19.1 Å². The Labute approximate surface area is 173 Å². The first-order valence-electron chi connectivity index (χ1n) is 10.4. The summed E-state index contributed by atoms with van der Waals surface area (Å²) in [5.41, 5.74) is 0.991. The fraction of sp³-hybridized carbons (Fsp3) is 0.609. The fourth-order valence-corrected chi connectivity index (χ4v) is 3.31. The Bertz CT molecular complexity index is 637. The molecule has 162 valence electrons. The monoisotopic (exact) mass is 405 g/mol. The third-order valence-corrected chi connectivity index (χ3v) is 4.88. The van der Waals surface area contributed by atoms with Gasteiger partial charge in [0.2, 0.25) is 0 Å². The molecular formula is C23H33O6-. The lowest BCUT2D eigenvalue weighted by Gasteiger charge is -2.19. The van der Waals surface area contributed by atoms with Crippen molar-refractivity contribution in [2.24, 2.45) is 5.92 Å². The van der Waals surface area contributed by atoms with E-state index in [2.05, 4.69) is 6.92 Å². The van der Waals surface area contributed by atoms with Crippen molar-refractivity contribution in [2.45, 2.75) is 78.2 Å². The number of hydrogen-bond donors (Lipinski definition) is 0. The molecule has 0 N–H and O–H groups in total. The SMILES string of the molecule is CCCCCC(CCCC(Cc1ccc(OCC(=O)[O-])cc1)C(C)=O)OC(C)=O. The van der Waals surface area contributed by atoms with Crippen LogP contribution < -0.4 is 9.84 Å². The zero-order valence-corrected chi connectivity index (χ0v) is 17.8. The van der Waals surface area contributed by atoms with Crippen LogP contribution in [0.3, 0.4) is 0 Å². The topological polar surface area (TPSA) is 92.7 Å². The zero-order valence-electron chi connectivity index (χ0n) is 17.8. The van der Waals surface area contributed by atoms with Crippen molar-refractivity contribution >= 4 is 17.7 Å². The molecule has 1 aromatic rings. The van der Waals surface area contributed by atoms with Gasteiger partial charge in [-0.3, -0.25) is 9.59 Å². The third-order valence-electron chi connectivity index (χ3n) is 4.88. The Morgan fingerprint density at radius 2 is 1.62 bits per heavy atom. The van der Waals surface area contributed by atoms with Gasteiger partial charge in [0, 0.05) is 12.8 Å². The number of carbonyl (C=O) groups excluding carboxylic acids is 3. The molecule has 0 aliphatic heterocycles. The number of unbranched alkanes of at least 4 members (excludes halogenated alkanes) is 2. The minimum atomic E-state index is -1.27. The standard InChI is InChI=1S/C23H34O6/c1-4-5-6-9-22(29-18(3)25)10-7-8-20(17(2)24)15-19-11-13-21(14-12-19)28-16-23(26)27/h11-14,20,22H,4-10,15-16H2,1-3H3,(H,26,27)/p-1. The maximum absolute atomic E-state index is 12.1. The maximum Gasteiger partial charge on any atom is 0.302 e. The van der Waals surface area contributed by atoms with Crippen LogP contribution in [-0.4, -0.2) is 30.4 Å². The van der Waals surface area contributed by atoms with Crippen LogP contribution in [0, 0.1) is 5.92 Å². The Balaban J connectivity index is 2.54. The highest BCUT2D eigenvalue weighted by Gasteiger charge is 2.17. The Morgan fingerprint density at radius 1 is 0.966 bits per heavy atom. The second kappa shape index (κ2) is 13.7. The summed E-state index contributed by atoms with van der Waals surface area (Å²) in [6.07, 6.45) is 7.01. The molecule has 0 aliphatic carbocycles. The van der Waals surface area contributed by atoms with E-state index in [0.29, 0.717) is 12.2 Å². The fourth-order valence-electron chi connectivity index (χ4n) is 3.31. The average Bonchev–Trinajstić information content (AvgIpc) is 2.66. The quantitative estimate of drug-likeness (QED) is 0.328. The van der Waals surface area contributed by atoms with Gasteiger partial charge in [0.25, 0.3) is 0 Å². The molecule has 0 bridgehead atoms. The van der Waals surface area contributed by atoms with Crippen LogP contribution in [0.5, 0.6) is 5.75 Å². The maximum atomic E-state index is 12.1. The number of hydrogen-bond acceptors (Lipinski definition) is 6. The van der Waals surface area contributed by atoms with E-state index >= 15 is 0 Å². The van der Waals surface area contributed by atoms with Crippen molar-refractivity contribution in [3.63, 3.8) is 0 Å². The van der Waals surface area contributed by atoms with Crippen molar-refractivity contribution in [3.05, 3.63) is 29.8 Å². The van der Waals surface area contributed by atoms with Crippen LogP contribution in [0.1, 0.15) is 71.3 Å². The first kappa shape index (κ1) is 24.7.